The van der Waals surface area contributed by atoms with Crippen LogP contribution in [0.15, 0.2) is 127 Å². The van der Waals surface area contributed by atoms with Crippen molar-refractivity contribution in [2.24, 2.45) is 0 Å². The summed E-state index contributed by atoms with van der Waals surface area (Å²) in [6, 6.07) is 50.6. The summed E-state index contributed by atoms with van der Waals surface area (Å²) in [7, 11) is 0. The maximum absolute atomic E-state index is 2.69. The smallest absolute Gasteiger partial charge is 0.252 e. The van der Waals surface area contributed by atoms with Crippen LogP contribution in [0.25, 0.3) is 11.1 Å². The average Bonchev–Trinajstić information content (AvgIpc) is 3.45. The number of aryl methyl sites for hydroxylation is 2. The maximum atomic E-state index is 2.69. The monoisotopic (exact) mass is 891 g/mol. The van der Waals surface area contributed by atoms with Crippen LogP contribution in [0.4, 0.5) is 34.1 Å². The molecule has 0 fully saturated rings. The standard InChI is InChI=1S/C65H71BN2/c1-39-30-57-59-58(31-39)68(55-36-48-47(32-40(55)2)62(9,10)38-63(48,11)12)54-29-27-43(61(6,7)8)34-51(54)66(59)52-35-49-50(65(15,16)46-25-21-20-24-45(46)64(49,13)14)37-56(52)67(57)53-28-26-42(60(3,4)5)33-44(53)41-22-18-17-19-23-41/h17-37H,38H2,1-16H3. The molecular weight excluding hydrogens is 820 g/mol. The minimum absolute atomic E-state index is 0.000846. The van der Waals surface area contributed by atoms with E-state index in [1.54, 1.807) is 0 Å². The Balaban J connectivity index is 1.29. The van der Waals surface area contributed by atoms with Crippen LogP contribution in [0, 0.1) is 13.8 Å². The fourth-order valence-corrected chi connectivity index (χ4v) is 13.5. The van der Waals surface area contributed by atoms with Crippen molar-refractivity contribution in [2.45, 2.75) is 150 Å². The second-order valence-corrected chi connectivity index (χ2v) is 25.6. The summed E-state index contributed by atoms with van der Waals surface area (Å²) in [5.74, 6) is 0. The molecule has 7 aromatic carbocycles. The van der Waals surface area contributed by atoms with Crippen molar-refractivity contribution in [3.05, 3.63) is 183 Å². The lowest BCUT2D eigenvalue weighted by Crippen LogP contribution is -2.62. The van der Waals surface area contributed by atoms with E-state index in [1.165, 1.54) is 117 Å². The third kappa shape index (κ3) is 6.43. The fourth-order valence-electron chi connectivity index (χ4n) is 13.5. The zero-order valence-electron chi connectivity index (χ0n) is 43.8. The van der Waals surface area contributed by atoms with Gasteiger partial charge in [-0.2, -0.15) is 0 Å². The quantitative estimate of drug-likeness (QED) is 0.163. The van der Waals surface area contributed by atoms with Crippen LogP contribution in [0.3, 0.4) is 0 Å². The summed E-state index contributed by atoms with van der Waals surface area (Å²) in [5.41, 5.74) is 27.9. The van der Waals surface area contributed by atoms with Crippen LogP contribution >= 0.6 is 0 Å². The predicted octanol–water partition coefficient (Wildman–Crippen LogP) is 15.6. The van der Waals surface area contributed by atoms with Crippen LogP contribution < -0.4 is 26.2 Å². The van der Waals surface area contributed by atoms with E-state index in [4.69, 9.17) is 0 Å². The molecule has 0 aromatic heterocycles. The van der Waals surface area contributed by atoms with Gasteiger partial charge in [0.05, 0.1) is 5.69 Å². The van der Waals surface area contributed by atoms with Crippen LogP contribution in [0.5, 0.6) is 0 Å². The molecule has 68 heavy (non-hydrogen) atoms. The van der Waals surface area contributed by atoms with E-state index in [0.29, 0.717) is 0 Å². The summed E-state index contributed by atoms with van der Waals surface area (Å²) in [5, 5.41) is 0. The molecule has 2 nitrogen and oxygen atoms in total. The average molecular weight is 891 g/mol. The molecule has 0 radical (unpaired) electrons. The van der Waals surface area contributed by atoms with Gasteiger partial charge in [-0.15, -0.1) is 0 Å². The van der Waals surface area contributed by atoms with Gasteiger partial charge in [-0.05, 0) is 162 Å². The van der Waals surface area contributed by atoms with Gasteiger partial charge in [0, 0.05) is 44.8 Å². The molecule has 2 heterocycles. The molecule has 7 aromatic rings. The second kappa shape index (κ2) is 14.4. The Hall–Kier alpha value is -5.80. The second-order valence-electron chi connectivity index (χ2n) is 25.6. The fraction of sp³-hybridized carbons (Fsp3) is 0.354. The van der Waals surface area contributed by atoms with Crippen LogP contribution in [0.2, 0.25) is 0 Å². The Morgan fingerprint density at radius 1 is 0.426 bits per heavy atom. The molecule has 3 heteroatoms. The highest BCUT2D eigenvalue weighted by molar-refractivity contribution is 7.00. The first-order valence-electron chi connectivity index (χ1n) is 25.3. The van der Waals surface area contributed by atoms with Crippen molar-refractivity contribution in [1.82, 2.24) is 0 Å². The van der Waals surface area contributed by atoms with Gasteiger partial charge in [0.2, 0.25) is 0 Å². The van der Waals surface area contributed by atoms with Crippen molar-refractivity contribution in [1.29, 1.82) is 0 Å². The van der Waals surface area contributed by atoms with Crippen molar-refractivity contribution in [2.75, 3.05) is 9.80 Å². The first-order valence-corrected chi connectivity index (χ1v) is 25.3. The van der Waals surface area contributed by atoms with E-state index in [1.807, 2.05) is 0 Å². The van der Waals surface area contributed by atoms with E-state index in [-0.39, 0.29) is 39.2 Å². The van der Waals surface area contributed by atoms with E-state index in [9.17, 15) is 0 Å². The molecular formula is C65H71BN2. The SMILES string of the molecule is Cc1cc2c3c(c1)N(c1ccc(C(C)(C)C)cc1-c1ccccc1)c1cc4c(cc1B3c1cc(C(C)(C)C)ccc1N2c1cc2c(cc1C)C(C)(C)CC2(C)C)C(C)(C)c1ccccc1C4(C)C. The van der Waals surface area contributed by atoms with Crippen molar-refractivity contribution < 1.29 is 0 Å². The van der Waals surface area contributed by atoms with Gasteiger partial charge in [-0.1, -0.05) is 182 Å². The van der Waals surface area contributed by atoms with Crippen LogP contribution in [-0.2, 0) is 32.5 Å². The lowest BCUT2D eigenvalue weighted by molar-refractivity contribution is 0.403. The molecule has 0 atom stereocenters. The molecule has 0 saturated heterocycles. The zero-order valence-corrected chi connectivity index (χ0v) is 43.8. The van der Waals surface area contributed by atoms with Crippen molar-refractivity contribution in [3.63, 3.8) is 0 Å². The Morgan fingerprint density at radius 3 is 1.50 bits per heavy atom. The summed E-state index contributed by atoms with van der Waals surface area (Å²) in [4.78, 5) is 5.36. The molecule has 0 saturated carbocycles. The highest BCUT2D eigenvalue weighted by atomic mass is 15.2. The minimum Gasteiger partial charge on any atom is -0.311 e. The minimum atomic E-state index is -0.216. The van der Waals surface area contributed by atoms with Gasteiger partial charge >= 0.3 is 0 Å². The van der Waals surface area contributed by atoms with Crippen molar-refractivity contribution >= 4 is 57.2 Å². The third-order valence-electron chi connectivity index (χ3n) is 16.9. The predicted molar refractivity (Wildman–Crippen MR) is 294 cm³/mol. The van der Waals surface area contributed by atoms with Crippen molar-refractivity contribution in [3.8, 4) is 11.1 Å². The molecule has 0 bridgehead atoms. The summed E-state index contributed by atoms with van der Waals surface area (Å²) >= 11 is 0. The van der Waals surface area contributed by atoms with Gasteiger partial charge < -0.3 is 9.80 Å². The topological polar surface area (TPSA) is 6.48 Å². The van der Waals surface area contributed by atoms with Gasteiger partial charge in [-0.3, -0.25) is 0 Å². The number of rotatable bonds is 3. The molecule has 0 amide bonds. The highest BCUT2D eigenvalue weighted by Crippen LogP contribution is 2.56. The first-order chi connectivity index (χ1) is 31.8. The molecule has 2 aliphatic heterocycles. The Labute approximate surface area is 408 Å². The molecule has 0 unspecified atom stereocenters. The molecule has 0 N–H and O–H groups in total. The number of nitrogens with zero attached hydrogens (tertiary/aromatic N) is 2. The Kier molecular flexibility index (Phi) is 9.45. The molecule has 11 rings (SSSR count). The zero-order chi connectivity index (χ0) is 48.4. The van der Waals surface area contributed by atoms with E-state index >= 15 is 0 Å². The van der Waals surface area contributed by atoms with E-state index in [2.05, 4.69) is 248 Å². The highest BCUT2D eigenvalue weighted by Gasteiger charge is 2.49. The molecule has 2 aliphatic carbocycles. The van der Waals surface area contributed by atoms with Gasteiger partial charge in [0.25, 0.3) is 6.71 Å². The number of hydrogen-bond acceptors (Lipinski definition) is 2. The summed E-state index contributed by atoms with van der Waals surface area (Å²) < 4.78 is 0. The normalized spacial score (nSPS) is 17.7. The number of hydrogen-bond donors (Lipinski definition) is 0. The molecule has 344 valence electrons. The van der Waals surface area contributed by atoms with Crippen LogP contribution in [0.1, 0.15) is 159 Å². The number of fused-ring (bicyclic) bond motifs is 7. The third-order valence-corrected chi connectivity index (χ3v) is 16.9. The van der Waals surface area contributed by atoms with Gasteiger partial charge in [0.1, 0.15) is 0 Å². The maximum Gasteiger partial charge on any atom is 0.252 e. The summed E-state index contributed by atoms with van der Waals surface area (Å²) in [6.07, 6.45) is 1.14. The van der Waals surface area contributed by atoms with Crippen LogP contribution in [-0.4, -0.2) is 6.71 Å². The number of benzene rings is 7. The molecule has 4 aliphatic rings. The van der Waals surface area contributed by atoms with Gasteiger partial charge in [-0.25, -0.2) is 0 Å². The number of anilines is 6. The Bertz CT molecular complexity index is 3260. The Morgan fingerprint density at radius 2 is 0.912 bits per heavy atom. The summed E-state index contributed by atoms with van der Waals surface area (Å²) in [6.45, 7) is 38.4. The largest absolute Gasteiger partial charge is 0.311 e. The lowest BCUT2D eigenvalue weighted by Gasteiger charge is -2.48. The molecule has 0 spiro atoms. The van der Waals surface area contributed by atoms with E-state index < -0.39 is 0 Å². The first kappa shape index (κ1) is 44.7. The lowest BCUT2D eigenvalue weighted by atomic mass is 9.33. The van der Waals surface area contributed by atoms with Gasteiger partial charge in [0.15, 0.2) is 0 Å². The van der Waals surface area contributed by atoms with E-state index in [0.717, 1.165) is 6.42 Å².